The number of para-hydroxylation sites is 1. The molecule has 0 unspecified atom stereocenters. The van der Waals surface area contributed by atoms with Crippen LogP contribution in [-0.2, 0) is 10.8 Å². The molecule has 5 nitrogen and oxygen atoms in total. The summed E-state index contributed by atoms with van der Waals surface area (Å²) in [5.74, 6) is 0. The molecule has 4 N–H and O–H groups in total. The Kier molecular flexibility index (Phi) is 3.57. The van der Waals surface area contributed by atoms with Gasteiger partial charge in [-0.2, -0.15) is 11.1 Å². The maximum absolute atomic E-state index is 3.23. The van der Waals surface area contributed by atoms with E-state index in [-0.39, 0.29) is 17.1 Å². The van der Waals surface area contributed by atoms with E-state index >= 15 is 0 Å². The van der Waals surface area contributed by atoms with Gasteiger partial charge in [0.2, 0.25) is 0 Å². The molecule has 2 aromatic rings. The second-order valence-corrected chi connectivity index (χ2v) is 8.05. The van der Waals surface area contributed by atoms with Crippen LogP contribution in [0.25, 0.3) is 10.9 Å². The van der Waals surface area contributed by atoms with Gasteiger partial charge in [0.25, 0.3) is 0 Å². The SMILES string of the molecule is CC(C)(C)c1c(C(C)(C)C)n(C2NNNN2)c2ccccc12. The van der Waals surface area contributed by atoms with Gasteiger partial charge >= 0.3 is 0 Å². The van der Waals surface area contributed by atoms with Gasteiger partial charge in [-0.25, -0.2) is 10.9 Å². The summed E-state index contributed by atoms with van der Waals surface area (Å²) in [5, 5.41) is 1.33. The smallest absolute Gasteiger partial charge is 0.166 e. The minimum Gasteiger partial charge on any atom is -0.313 e. The van der Waals surface area contributed by atoms with E-state index in [1.807, 2.05) is 0 Å². The Morgan fingerprint density at radius 2 is 1.45 bits per heavy atom. The van der Waals surface area contributed by atoms with Crippen molar-refractivity contribution < 1.29 is 0 Å². The first kappa shape index (κ1) is 15.5. The van der Waals surface area contributed by atoms with E-state index in [1.54, 1.807) is 0 Å². The Labute approximate surface area is 132 Å². The van der Waals surface area contributed by atoms with Crippen LogP contribution < -0.4 is 21.9 Å². The fraction of sp³-hybridized carbons (Fsp3) is 0.529. The quantitative estimate of drug-likeness (QED) is 0.654. The summed E-state index contributed by atoms with van der Waals surface area (Å²) in [6.45, 7) is 13.7. The number of nitrogens with zero attached hydrogens (tertiary/aromatic N) is 1. The average Bonchev–Trinajstić information content (AvgIpc) is 3.01. The summed E-state index contributed by atoms with van der Waals surface area (Å²) in [4.78, 5) is 0. The summed E-state index contributed by atoms with van der Waals surface area (Å²) in [6.07, 6.45) is -0.0322. The molecule has 1 fully saturated rings. The molecule has 3 rings (SSSR count). The van der Waals surface area contributed by atoms with Crippen LogP contribution in [0.5, 0.6) is 0 Å². The summed E-state index contributed by atoms with van der Waals surface area (Å²) in [6, 6.07) is 8.66. The van der Waals surface area contributed by atoms with E-state index in [4.69, 9.17) is 0 Å². The van der Waals surface area contributed by atoms with Gasteiger partial charge in [0.1, 0.15) is 0 Å². The standard InChI is InChI=1S/C17H27N5/c1-16(2,3)13-11-9-7-8-10-12(11)22(14(13)17(4,5)6)15-18-20-21-19-15/h7-10,15,18-21H,1-6H3. The zero-order chi connectivity index (χ0) is 16.1. The molecule has 1 aliphatic rings. The zero-order valence-corrected chi connectivity index (χ0v) is 14.3. The largest absolute Gasteiger partial charge is 0.313 e. The van der Waals surface area contributed by atoms with Crippen LogP contribution in [0.1, 0.15) is 59.1 Å². The molecule has 0 saturated carbocycles. The first-order chi connectivity index (χ1) is 10.2. The predicted molar refractivity (Wildman–Crippen MR) is 90.9 cm³/mol. The second kappa shape index (κ2) is 5.06. The van der Waals surface area contributed by atoms with Gasteiger partial charge in [-0.05, 0) is 17.0 Å². The number of hydrazine groups is 3. The van der Waals surface area contributed by atoms with Crippen LogP contribution in [0, 0.1) is 0 Å². The highest BCUT2D eigenvalue weighted by Gasteiger charge is 2.34. The highest BCUT2D eigenvalue weighted by molar-refractivity contribution is 5.87. The van der Waals surface area contributed by atoms with Gasteiger partial charge < -0.3 is 4.57 Å². The Morgan fingerprint density at radius 3 is 2.00 bits per heavy atom. The van der Waals surface area contributed by atoms with Crippen molar-refractivity contribution in [3.63, 3.8) is 0 Å². The van der Waals surface area contributed by atoms with Crippen molar-refractivity contribution in [2.75, 3.05) is 0 Å². The normalized spacial score (nSPS) is 17.5. The fourth-order valence-corrected chi connectivity index (χ4v) is 3.40. The third-order valence-corrected chi connectivity index (χ3v) is 4.11. The predicted octanol–water partition coefficient (Wildman–Crippen LogP) is 2.81. The van der Waals surface area contributed by atoms with Crippen molar-refractivity contribution in [3.05, 3.63) is 35.5 Å². The van der Waals surface area contributed by atoms with Gasteiger partial charge in [-0.3, -0.25) is 0 Å². The van der Waals surface area contributed by atoms with Crippen LogP contribution in [0.15, 0.2) is 24.3 Å². The Balaban J connectivity index is 2.41. The van der Waals surface area contributed by atoms with E-state index < -0.39 is 0 Å². The zero-order valence-electron chi connectivity index (χ0n) is 14.3. The molecule has 0 aliphatic carbocycles. The Hall–Kier alpha value is -1.40. The first-order valence-electron chi connectivity index (χ1n) is 7.86. The number of nitrogens with one attached hydrogen (secondary N) is 4. The lowest BCUT2D eigenvalue weighted by molar-refractivity contribution is 0.374. The van der Waals surface area contributed by atoms with Gasteiger partial charge in [-0.1, -0.05) is 59.7 Å². The Bertz CT molecular complexity index is 681. The highest BCUT2D eigenvalue weighted by atomic mass is 15.8. The van der Waals surface area contributed by atoms with E-state index in [0.29, 0.717) is 0 Å². The highest BCUT2D eigenvalue weighted by Crippen LogP contribution is 2.42. The third-order valence-electron chi connectivity index (χ3n) is 4.11. The molecule has 120 valence electrons. The number of aromatic nitrogens is 1. The molecule has 2 heterocycles. The maximum Gasteiger partial charge on any atom is 0.166 e. The monoisotopic (exact) mass is 301 g/mol. The lowest BCUT2D eigenvalue weighted by Gasteiger charge is -2.30. The molecule has 0 bridgehead atoms. The van der Waals surface area contributed by atoms with Crippen molar-refractivity contribution in [2.45, 2.75) is 58.7 Å². The first-order valence-corrected chi connectivity index (χ1v) is 7.86. The lowest BCUT2D eigenvalue weighted by atomic mass is 9.78. The number of fused-ring (bicyclic) bond motifs is 1. The maximum atomic E-state index is 3.23. The van der Waals surface area contributed by atoms with Crippen molar-refractivity contribution in [3.8, 4) is 0 Å². The van der Waals surface area contributed by atoms with E-state index in [0.717, 1.165) is 0 Å². The number of hydrogen-bond acceptors (Lipinski definition) is 4. The van der Waals surface area contributed by atoms with Crippen molar-refractivity contribution in [1.82, 2.24) is 26.5 Å². The Morgan fingerprint density at radius 1 is 0.864 bits per heavy atom. The number of benzene rings is 1. The number of rotatable bonds is 1. The van der Waals surface area contributed by atoms with Crippen LogP contribution in [0.2, 0.25) is 0 Å². The summed E-state index contributed by atoms with van der Waals surface area (Å²) in [7, 11) is 0. The molecule has 22 heavy (non-hydrogen) atoms. The van der Waals surface area contributed by atoms with Crippen molar-refractivity contribution in [2.24, 2.45) is 0 Å². The molecule has 1 aromatic heterocycles. The molecule has 0 atom stereocenters. The summed E-state index contributed by atoms with van der Waals surface area (Å²) < 4.78 is 2.36. The fourth-order valence-electron chi connectivity index (χ4n) is 3.40. The molecule has 5 heteroatoms. The second-order valence-electron chi connectivity index (χ2n) is 8.05. The molecular formula is C17H27N5. The molecule has 0 radical (unpaired) electrons. The van der Waals surface area contributed by atoms with Crippen LogP contribution in [-0.4, -0.2) is 4.57 Å². The van der Waals surface area contributed by atoms with Gasteiger partial charge in [0, 0.05) is 16.5 Å². The molecule has 0 amide bonds. The topological polar surface area (TPSA) is 53.1 Å². The molecular weight excluding hydrogens is 274 g/mol. The minimum atomic E-state index is -0.0322. The van der Waals surface area contributed by atoms with Crippen molar-refractivity contribution in [1.29, 1.82) is 0 Å². The van der Waals surface area contributed by atoms with Crippen LogP contribution >= 0.6 is 0 Å². The van der Waals surface area contributed by atoms with Crippen LogP contribution in [0.4, 0.5) is 0 Å². The summed E-state index contributed by atoms with van der Waals surface area (Å²) >= 11 is 0. The molecule has 0 spiro atoms. The van der Waals surface area contributed by atoms with Gasteiger partial charge in [0.05, 0.1) is 5.52 Å². The third kappa shape index (κ3) is 2.44. The summed E-state index contributed by atoms with van der Waals surface area (Å²) in [5.41, 5.74) is 16.5. The van der Waals surface area contributed by atoms with E-state index in [2.05, 4.69) is 92.3 Å². The van der Waals surface area contributed by atoms with Crippen LogP contribution in [0.3, 0.4) is 0 Å². The molecule has 1 aromatic carbocycles. The average molecular weight is 301 g/mol. The molecule has 1 aliphatic heterocycles. The van der Waals surface area contributed by atoms with E-state index in [1.165, 1.54) is 22.2 Å². The molecule has 1 saturated heterocycles. The minimum absolute atomic E-state index is 0.0322. The van der Waals surface area contributed by atoms with Crippen molar-refractivity contribution >= 4 is 10.9 Å². The lowest BCUT2D eigenvalue weighted by Crippen LogP contribution is -2.35. The number of hydrogen-bond donors (Lipinski definition) is 4. The van der Waals surface area contributed by atoms with E-state index in [9.17, 15) is 0 Å². The van der Waals surface area contributed by atoms with Gasteiger partial charge in [0.15, 0.2) is 6.29 Å². The van der Waals surface area contributed by atoms with Gasteiger partial charge in [-0.15, -0.1) is 0 Å².